The molecule has 1 aromatic heterocycles. The molecule has 0 radical (unpaired) electrons. The van der Waals surface area contributed by atoms with Gasteiger partial charge in [0.2, 0.25) is 0 Å². The summed E-state index contributed by atoms with van der Waals surface area (Å²) in [6, 6.07) is 0. The zero-order chi connectivity index (χ0) is 11.2. The first-order chi connectivity index (χ1) is 6.91. The van der Waals surface area contributed by atoms with Crippen LogP contribution in [0, 0.1) is 0 Å². The molecule has 0 unspecified atom stereocenters. The van der Waals surface area contributed by atoms with Crippen molar-refractivity contribution in [2.75, 3.05) is 0 Å². The molecule has 1 saturated carbocycles. The number of nitrogens with one attached hydrogen (secondary N) is 1. The van der Waals surface area contributed by atoms with Crippen LogP contribution < -0.4 is 0 Å². The summed E-state index contributed by atoms with van der Waals surface area (Å²) in [6.45, 7) is 0. The number of hydrogen-bond donors (Lipinski definition) is 2. The van der Waals surface area contributed by atoms with Crippen molar-refractivity contribution in [3.8, 4) is 0 Å². The third-order valence-electron chi connectivity index (χ3n) is 2.18. The van der Waals surface area contributed by atoms with Gasteiger partial charge in [0.1, 0.15) is 4.90 Å². The van der Waals surface area contributed by atoms with Crippen LogP contribution in [0.3, 0.4) is 0 Å². The highest BCUT2D eigenvalue weighted by atomic mass is 35.7. The molecule has 1 heterocycles. The molecule has 15 heavy (non-hydrogen) atoms. The molecule has 0 aromatic carbocycles. The summed E-state index contributed by atoms with van der Waals surface area (Å²) in [4.78, 5) is 10.3. The molecule has 1 aliphatic rings. The van der Waals surface area contributed by atoms with Crippen LogP contribution >= 0.6 is 10.7 Å². The van der Waals surface area contributed by atoms with E-state index in [-0.39, 0.29) is 10.8 Å². The van der Waals surface area contributed by atoms with Gasteiger partial charge in [-0.1, -0.05) is 0 Å². The Bertz CT molecular complexity index is 517. The van der Waals surface area contributed by atoms with Gasteiger partial charge in [0.15, 0.2) is 5.69 Å². The van der Waals surface area contributed by atoms with Crippen LogP contribution in [0.4, 0.5) is 0 Å². The Kier molecular flexibility index (Phi) is 2.23. The van der Waals surface area contributed by atoms with Crippen molar-refractivity contribution in [2.24, 2.45) is 0 Å². The maximum Gasteiger partial charge on any atom is 0.357 e. The standard InChI is InChI=1S/C7H7ClN2O4S/c8-15(13,14)6-4(3-1-2-3)9-10-5(6)7(11)12/h3H,1-2H2,(H,9,10)(H,11,12). The zero-order valence-corrected chi connectivity index (χ0v) is 8.97. The number of carboxylic acid groups (broad SMARTS) is 1. The second kappa shape index (κ2) is 3.21. The van der Waals surface area contributed by atoms with Crippen molar-refractivity contribution in [3.63, 3.8) is 0 Å². The summed E-state index contributed by atoms with van der Waals surface area (Å²) in [7, 11) is 1.10. The molecule has 0 bridgehead atoms. The fourth-order valence-electron chi connectivity index (χ4n) is 1.39. The van der Waals surface area contributed by atoms with E-state index in [0.717, 1.165) is 12.8 Å². The Labute approximate surface area is 89.7 Å². The minimum absolute atomic E-state index is 0.0362. The van der Waals surface area contributed by atoms with Crippen LogP contribution in [0.2, 0.25) is 0 Å². The molecule has 0 aliphatic heterocycles. The molecule has 82 valence electrons. The molecular weight excluding hydrogens is 244 g/mol. The highest BCUT2D eigenvalue weighted by Crippen LogP contribution is 2.43. The fraction of sp³-hybridized carbons (Fsp3) is 0.429. The molecule has 0 amide bonds. The van der Waals surface area contributed by atoms with E-state index >= 15 is 0 Å². The SMILES string of the molecule is O=C(O)c1n[nH]c(C2CC2)c1S(=O)(=O)Cl. The lowest BCUT2D eigenvalue weighted by Gasteiger charge is -1.97. The topological polar surface area (TPSA) is 100 Å². The number of nitrogens with zero attached hydrogens (tertiary/aromatic N) is 1. The Balaban J connectivity index is 2.64. The van der Waals surface area contributed by atoms with Crippen LogP contribution in [-0.2, 0) is 9.05 Å². The average Bonchev–Trinajstić information content (AvgIpc) is 2.81. The van der Waals surface area contributed by atoms with Crippen molar-refractivity contribution in [1.82, 2.24) is 10.2 Å². The van der Waals surface area contributed by atoms with Gasteiger partial charge in [-0.15, -0.1) is 0 Å². The Morgan fingerprint density at radius 2 is 2.13 bits per heavy atom. The predicted molar refractivity (Wildman–Crippen MR) is 50.6 cm³/mol. The van der Waals surface area contributed by atoms with E-state index in [1.165, 1.54) is 0 Å². The number of aromatic carboxylic acids is 1. The first-order valence-electron chi connectivity index (χ1n) is 4.17. The van der Waals surface area contributed by atoms with Gasteiger partial charge >= 0.3 is 5.97 Å². The normalized spacial score (nSPS) is 16.6. The number of aromatic amines is 1. The van der Waals surface area contributed by atoms with Crippen LogP contribution in [0.1, 0.15) is 34.9 Å². The minimum atomic E-state index is -4.07. The summed E-state index contributed by atoms with van der Waals surface area (Å²) in [6.07, 6.45) is 1.64. The maximum absolute atomic E-state index is 11.2. The molecule has 8 heteroatoms. The van der Waals surface area contributed by atoms with E-state index in [2.05, 4.69) is 10.2 Å². The van der Waals surface area contributed by atoms with Crippen molar-refractivity contribution >= 4 is 25.7 Å². The van der Waals surface area contributed by atoms with Crippen LogP contribution in [0.15, 0.2) is 4.90 Å². The van der Waals surface area contributed by atoms with Gasteiger partial charge in [-0.25, -0.2) is 13.2 Å². The Morgan fingerprint density at radius 3 is 2.53 bits per heavy atom. The van der Waals surface area contributed by atoms with E-state index in [1.54, 1.807) is 0 Å². The van der Waals surface area contributed by atoms with Crippen LogP contribution in [0.5, 0.6) is 0 Å². The van der Waals surface area contributed by atoms with E-state index < -0.39 is 20.7 Å². The van der Waals surface area contributed by atoms with Gasteiger partial charge in [0.05, 0.1) is 5.69 Å². The van der Waals surface area contributed by atoms with Gasteiger partial charge in [-0.3, -0.25) is 5.10 Å². The number of hydrogen-bond acceptors (Lipinski definition) is 4. The number of halogens is 1. The molecule has 1 aliphatic carbocycles. The highest BCUT2D eigenvalue weighted by molar-refractivity contribution is 8.13. The van der Waals surface area contributed by atoms with Crippen molar-refractivity contribution < 1.29 is 18.3 Å². The quantitative estimate of drug-likeness (QED) is 0.777. The van der Waals surface area contributed by atoms with Gasteiger partial charge in [0.25, 0.3) is 9.05 Å². The van der Waals surface area contributed by atoms with Crippen LogP contribution in [-0.4, -0.2) is 29.7 Å². The molecule has 2 N–H and O–H groups in total. The maximum atomic E-state index is 11.2. The number of carbonyl (C=O) groups is 1. The van der Waals surface area contributed by atoms with Gasteiger partial charge in [-0.05, 0) is 12.8 Å². The monoisotopic (exact) mass is 250 g/mol. The van der Waals surface area contributed by atoms with Gasteiger partial charge in [0, 0.05) is 16.6 Å². The fourth-order valence-corrected chi connectivity index (χ4v) is 2.69. The lowest BCUT2D eigenvalue weighted by atomic mass is 10.2. The summed E-state index contributed by atoms with van der Waals surface area (Å²) in [5, 5.41) is 14.6. The molecule has 1 aromatic rings. The van der Waals surface area contributed by atoms with Crippen molar-refractivity contribution in [1.29, 1.82) is 0 Å². The third-order valence-corrected chi connectivity index (χ3v) is 3.54. The molecule has 0 atom stereocenters. The minimum Gasteiger partial charge on any atom is -0.476 e. The second-order valence-electron chi connectivity index (χ2n) is 3.33. The van der Waals surface area contributed by atoms with E-state index in [1.807, 2.05) is 0 Å². The Hall–Kier alpha value is -1.08. The Morgan fingerprint density at radius 1 is 1.53 bits per heavy atom. The third kappa shape index (κ3) is 1.84. The lowest BCUT2D eigenvalue weighted by molar-refractivity contribution is 0.0686. The number of carboxylic acids is 1. The van der Waals surface area contributed by atoms with Gasteiger partial charge < -0.3 is 5.11 Å². The number of aromatic nitrogens is 2. The summed E-state index contributed by atoms with van der Waals surface area (Å²) < 4.78 is 22.4. The largest absolute Gasteiger partial charge is 0.476 e. The molecule has 2 rings (SSSR count). The first kappa shape index (κ1) is 10.4. The summed E-state index contributed by atoms with van der Waals surface area (Å²) in [5.41, 5.74) is -0.227. The number of rotatable bonds is 3. The molecular formula is C7H7ClN2O4S. The highest BCUT2D eigenvalue weighted by Gasteiger charge is 2.36. The molecule has 0 spiro atoms. The van der Waals surface area contributed by atoms with E-state index in [0.29, 0.717) is 5.69 Å². The molecule has 6 nitrogen and oxygen atoms in total. The number of H-pyrrole nitrogens is 1. The molecule has 1 fully saturated rings. The second-order valence-corrected chi connectivity index (χ2v) is 5.84. The lowest BCUT2D eigenvalue weighted by Crippen LogP contribution is -2.04. The van der Waals surface area contributed by atoms with E-state index in [9.17, 15) is 13.2 Å². The van der Waals surface area contributed by atoms with Crippen molar-refractivity contribution in [3.05, 3.63) is 11.4 Å². The van der Waals surface area contributed by atoms with Crippen molar-refractivity contribution in [2.45, 2.75) is 23.7 Å². The van der Waals surface area contributed by atoms with Crippen LogP contribution in [0.25, 0.3) is 0 Å². The van der Waals surface area contributed by atoms with E-state index in [4.69, 9.17) is 15.8 Å². The average molecular weight is 251 g/mol. The summed E-state index contributed by atoms with van der Waals surface area (Å²) >= 11 is 0. The predicted octanol–water partition coefficient (Wildman–Crippen LogP) is 0.913. The zero-order valence-electron chi connectivity index (χ0n) is 7.40. The smallest absolute Gasteiger partial charge is 0.357 e. The van der Waals surface area contributed by atoms with Gasteiger partial charge in [-0.2, -0.15) is 5.10 Å². The first-order valence-corrected chi connectivity index (χ1v) is 6.48. The molecule has 0 saturated heterocycles. The summed E-state index contributed by atoms with van der Waals surface area (Å²) in [5.74, 6) is -1.37.